The number of benzene rings is 1. The fourth-order valence-electron chi connectivity index (χ4n) is 4.06. The Morgan fingerprint density at radius 2 is 1.65 bits per heavy atom. The second-order valence-electron chi connectivity index (χ2n) is 10.8. The Morgan fingerprint density at radius 3 is 2.16 bits per heavy atom. The van der Waals surface area contributed by atoms with Crippen LogP contribution in [0.1, 0.15) is 53.0 Å². The predicted molar refractivity (Wildman–Crippen MR) is 125 cm³/mol. The quantitative estimate of drug-likeness (QED) is 0.686. The molecule has 2 rings (SSSR count). The molecule has 31 heavy (non-hydrogen) atoms. The van der Waals surface area contributed by atoms with E-state index in [4.69, 9.17) is 4.74 Å². The molecular weight excluding hydrogens is 390 g/mol. The molecule has 1 saturated heterocycles. The first-order chi connectivity index (χ1) is 14.4. The van der Waals surface area contributed by atoms with Crippen molar-refractivity contribution in [2.75, 3.05) is 46.9 Å². The molecule has 1 aromatic rings. The van der Waals surface area contributed by atoms with Crippen LogP contribution in [0.25, 0.3) is 0 Å². The summed E-state index contributed by atoms with van der Waals surface area (Å²) in [4.78, 5) is 29.0. The molecule has 2 amide bonds. The Bertz CT molecular complexity index is 727. The minimum absolute atomic E-state index is 0.0223. The van der Waals surface area contributed by atoms with Gasteiger partial charge in [-0.05, 0) is 55.5 Å². The summed E-state index contributed by atoms with van der Waals surface area (Å²) >= 11 is 0. The van der Waals surface area contributed by atoms with Gasteiger partial charge in [-0.3, -0.25) is 9.59 Å². The molecule has 0 saturated carbocycles. The van der Waals surface area contributed by atoms with Crippen LogP contribution in [0.15, 0.2) is 24.3 Å². The van der Waals surface area contributed by atoms with Crippen molar-refractivity contribution >= 4 is 11.8 Å². The molecule has 6 nitrogen and oxygen atoms in total. The second-order valence-corrected chi connectivity index (χ2v) is 10.8. The SMILES string of the molecule is CN(C)CC(C)(C)CNC(=O)C1CCN(C(=O)COc2ccc(C(C)(C)C)cc2)CC1. The van der Waals surface area contributed by atoms with Crippen LogP contribution in [0.4, 0.5) is 0 Å². The number of rotatable bonds is 8. The summed E-state index contributed by atoms with van der Waals surface area (Å²) in [6.45, 7) is 13.6. The minimum Gasteiger partial charge on any atom is -0.484 e. The van der Waals surface area contributed by atoms with Gasteiger partial charge in [0, 0.05) is 32.1 Å². The van der Waals surface area contributed by atoms with E-state index in [2.05, 4.69) is 44.8 Å². The van der Waals surface area contributed by atoms with Gasteiger partial charge in [-0.15, -0.1) is 0 Å². The molecule has 0 atom stereocenters. The molecule has 1 aromatic carbocycles. The number of piperidine rings is 1. The Kier molecular flexibility index (Phi) is 8.52. The summed E-state index contributed by atoms with van der Waals surface area (Å²) in [5.41, 5.74) is 1.35. The maximum Gasteiger partial charge on any atom is 0.260 e. The maximum absolute atomic E-state index is 12.6. The van der Waals surface area contributed by atoms with Gasteiger partial charge in [-0.2, -0.15) is 0 Å². The van der Waals surface area contributed by atoms with Crippen molar-refractivity contribution in [1.82, 2.24) is 15.1 Å². The molecule has 0 aliphatic carbocycles. The monoisotopic (exact) mass is 431 g/mol. The lowest BCUT2D eigenvalue weighted by molar-refractivity contribution is -0.137. The van der Waals surface area contributed by atoms with Crippen molar-refractivity contribution in [1.29, 1.82) is 0 Å². The Balaban J connectivity index is 1.74. The molecular formula is C25H41N3O3. The Labute approximate surface area is 188 Å². The van der Waals surface area contributed by atoms with Crippen LogP contribution in [0.2, 0.25) is 0 Å². The molecule has 6 heteroatoms. The lowest BCUT2D eigenvalue weighted by Gasteiger charge is -2.33. The minimum atomic E-state index is -0.0231. The highest BCUT2D eigenvalue weighted by Crippen LogP contribution is 2.24. The third kappa shape index (κ3) is 8.17. The highest BCUT2D eigenvalue weighted by Gasteiger charge is 2.29. The number of hydrogen-bond acceptors (Lipinski definition) is 4. The van der Waals surface area contributed by atoms with Crippen LogP contribution >= 0.6 is 0 Å². The third-order valence-electron chi connectivity index (χ3n) is 5.79. The molecule has 0 spiro atoms. The normalized spacial score (nSPS) is 15.8. The van der Waals surface area contributed by atoms with E-state index in [1.54, 1.807) is 0 Å². The zero-order valence-corrected chi connectivity index (χ0v) is 20.5. The molecule has 174 valence electrons. The fourth-order valence-corrected chi connectivity index (χ4v) is 4.06. The largest absolute Gasteiger partial charge is 0.484 e. The van der Waals surface area contributed by atoms with Crippen molar-refractivity contribution < 1.29 is 14.3 Å². The summed E-state index contributed by atoms with van der Waals surface area (Å²) in [5, 5.41) is 3.11. The summed E-state index contributed by atoms with van der Waals surface area (Å²) in [6.07, 6.45) is 1.40. The number of carbonyl (C=O) groups excluding carboxylic acids is 2. The summed E-state index contributed by atoms with van der Waals surface area (Å²) in [6, 6.07) is 7.93. The number of carbonyl (C=O) groups is 2. The lowest BCUT2D eigenvalue weighted by atomic mass is 9.87. The van der Waals surface area contributed by atoms with Gasteiger partial charge in [-0.25, -0.2) is 0 Å². The number of nitrogens with one attached hydrogen (secondary N) is 1. The summed E-state index contributed by atoms with van der Waals surface area (Å²) in [5.74, 6) is 0.765. The van der Waals surface area contributed by atoms with E-state index in [9.17, 15) is 9.59 Å². The van der Waals surface area contributed by atoms with E-state index in [0.29, 0.717) is 38.2 Å². The van der Waals surface area contributed by atoms with Crippen molar-refractivity contribution in [2.45, 2.75) is 52.9 Å². The topological polar surface area (TPSA) is 61.9 Å². The number of amides is 2. The van der Waals surface area contributed by atoms with E-state index in [1.165, 1.54) is 5.56 Å². The molecule has 1 fully saturated rings. The molecule has 1 N–H and O–H groups in total. The molecule has 0 bridgehead atoms. The van der Waals surface area contributed by atoms with Gasteiger partial charge in [0.2, 0.25) is 5.91 Å². The van der Waals surface area contributed by atoms with E-state index in [0.717, 1.165) is 6.54 Å². The average Bonchev–Trinajstić information content (AvgIpc) is 2.69. The zero-order chi connectivity index (χ0) is 23.2. The number of ether oxygens (including phenoxy) is 1. The summed E-state index contributed by atoms with van der Waals surface area (Å²) in [7, 11) is 4.09. The molecule has 1 aliphatic heterocycles. The van der Waals surface area contributed by atoms with Gasteiger partial charge in [0.1, 0.15) is 5.75 Å². The molecule has 1 aliphatic rings. The van der Waals surface area contributed by atoms with Crippen molar-refractivity contribution in [2.24, 2.45) is 11.3 Å². The zero-order valence-electron chi connectivity index (χ0n) is 20.5. The van der Waals surface area contributed by atoms with Gasteiger partial charge in [0.25, 0.3) is 5.91 Å². The van der Waals surface area contributed by atoms with E-state index in [1.807, 2.05) is 43.3 Å². The molecule has 0 unspecified atom stereocenters. The predicted octanol–water partition coefficient (Wildman–Crippen LogP) is 3.31. The second kappa shape index (κ2) is 10.5. The van der Waals surface area contributed by atoms with Gasteiger partial charge in [-0.1, -0.05) is 46.8 Å². The maximum atomic E-state index is 12.6. The van der Waals surface area contributed by atoms with Gasteiger partial charge >= 0.3 is 0 Å². The van der Waals surface area contributed by atoms with Gasteiger partial charge in [0.15, 0.2) is 6.61 Å². The van der Waals surface area contributed by atoms with Crippen LogP contribution in [0.5, 0.6) is 5.75 Å². The van der Waals surface area contributed by atoms with Crippen molar-refractivity contribution in [3.8, 4) is 5.75 Å². The van der Waals surface area contributed by atoms with Crippen LogP contribution in [-0.4, -0.2) is 68.5 Å². The Morgan fingerprint density at radius 1 is 1.06 bits per heavy atom. The molecule has 0 aromatic heterocycles. The first kappa shape index (κ1) is 25.2. The molecule has 1 heterocycles. The fraction of sp³-hybridized carbons (Fsp3) is 0.680. The van der Waals surface area contributed by atoms with E-state index < -0.39 is 0 Å². The van der Waals surface area contributed by atoms with Crippen LogP contribution in [-0.2, 0) is 15.0 Å². The third-order valence-corrected chi connectivity index (χ3v) is 5.79. The van der Waals surface area contributed by atoms with Crippen molar-refractivity contribution in [3.05, 3.63) is 29.8 Å². The highest BCUT2D eigenvalue weighted by atomic mass is 16.5. The first-order valence-corrected chi connectivity index (χ1v) is 11.3. The van der Waals surface area contributed by atoms with E-state index in [-0.39, 0.29) is 35.2 Å². The summed E-state index contributed by atoms with van der Waals surface area (Å²) < 4.78 is 5.70. The first-order valence-electron chi connectivity index (χ1n) is 11.3. The standard InChI is InChI=1S/C25H41N3O3/c1-24(2,3)20-8-10-21(11-9-20)31-16-22(29)28-14-12-19(13-15-28)23(30)26-17-25(4,5)18-27(6)7/h8-11,19H,12-18H2,1-7H3,(H,26,30). The van der Waals surface area contributed by atoms with Crippen molar-refractivity contribution in [3.63, 3.8) is 0 Å². The van der Waals surface area contributed by atoms with Crippen LogP contribution in [0, 0.1) is 11.3 Å². The Hall–Kier alpha value is -2.08. The highest BCUT2D eigenvalue weighted by molar-refractivity contribution is 5.80. The average molecular weight is 432 g/mol. The van der Waals surface area contributed by atoms with E-state index >= 15 is 0 Å². The molecule has 0 radical (unpaired) electrons. The number of likely N-dealkylation sites (tertiary alicyclic amines) is 1. The number of hydrogen-bond donors (Lipinski definition) is 1. The smallest absolute Gasteiger partial charge is 0.260 e. The van der Waals surface area contributed by atoms with Gasteiger partial charge in [0.05, 0.1) is 0 Å². The van der Waals surface area contributed by atoms with Crippen LogP contribution < -0.4 is 10.1 Å². The van der Waals surface area contributed by atoms with Gasteiger partial charge < -0.3 is 19.9 Å². The van der Waals surface area contributed by atoms with Crippen LogP contribution in [0.3, 0.4) is 0 Å². The number of nitrogens with zero attached hydrogens (tertiary/aromatic N) is 2. The lowest BCUT2D eigenvalue weighted by Crippen LogP contribution is -2.46.